The zero-order valence-corrected chi connectivity index (χ0v) is 18.4. The average Bonchev–Trinajstić information content (AvgIpc) is 3.25. The largest absolute Gasteiger partial charge is 0.480 e. The van der Waals surface area contributed by atoms with E-state index < -0.39 is 41.8 Å². The Kier molecular flexibility index (Phi) is 9.80. The molecular weight excluding hydrogens is 420 g/mol. The van der Waals surface area contributed by atoms with Crippen molar-refractivity contribution in [3.8, 4) is 0 Å². The van der Waals surface area contributed by atoms with E-state index in [1.807, 2.05) is 36.6 Å². The molecule has 1 aromatic rings. The molecule has 1 aliphatic rings. The number of benzene rings is 1. The molecule has 3 unspecified atom stereocenters. The molecule has 3 atom stereocenters. The van der Waals surface area contributed by atoms with Crippen molar-refractivity contribution in [2.45, 2.75) is 43.8 Å². The topological polar surface area (TPSA) is 142 Å². The van der Waals surface area contributed by atoms with Crippen molar-refractivity contribution < 1.29 is 24.3 Å². The molecule has 0 aliphatic carbocycles. The lowest BCUT2D eigenvalue weighted by atomic mass is 10.1. The third-order valence-corrected chi connectivity index (χ3v) is 5.77. The number of thioether (sulfide) groups is 1. The van der Waals surface area contributed by atoms with Gasteiger partial charge in [-0.1, -0.05) is 30.3 Å². The van der Waals surface area contributed by atoms with Crippen LogP contribution in [0.1, 0.15) is 24.8 Å². The third kappa shape index (κ3) is 7.55. The fraction of sp³-hybridized carbons (Fsp3) is 0.524. The Morgan fingerprint density at radius 1 is 1.26 bits per heavy atom. The van der Waals surface area contributed by atoms with Crippen LogP contribution >= 0.6 is 11.8 Å². The molecule has 5 N–H and O–H groups in total. The number of hydrogen-bond acceptors (Lipinski definition) is 6. The number of carboxylic acids is 1. The summed E-state index contributed by atoms with van der Waals surface area (Å²) in [7, 11) is 0. The summed E-state index contributed by atoms with van der Waals surface area (Å²) in [6.07, 6.45) is 3.61. The number of nitrogens with one attached hydrogen (secondary N) is 2. The Morgan fingerprint density at radius 3 is 2.61 bits per heavy atom. The maximum absolute atomic E-state index is 12.9. The minimum absolute atomic E-state index is 0.313. The van der Waals surface area contributed by atoms with Crippen molar-refractivity contribution in [1.82, 2.24) is 15.5 Å². The van der Waals surface area contributed by atoms with E-state index in [0.29, 0.717) is 38.0 Å². The first kappa shape index (κ1) is 24.7. The molecule has 31 heavy (non-hydrogen) atoms. The maximum Gasteiger partial charge on any atom is 0.326 e. The number of likely N-dealkylation sites (tertiary alicyclic amines) is 1. The first-order chi connectivity index (χ1) is 14.8. The van der Waals surface area contributed by atoms with E-state index in [1.165, 1.54) is 16.7 Å². The predicted octanol–water partition coefficient (Wildman–Crippen LogP) is -0.0139. The van der Waals surface area contributed by atoms with Crippen molar-refractivity contribution in [1.29, 1.82) is 0 Å². The molecule has 0 spiro atoms. The van der Waals surface area contributed by atoms with Crippen LogP contribution in [0.2, 0.25) is 0 Å². The van der Waals surface area contributed by atoms with Gasteiger partial charge in [0, 0.05) is 6.54 Å². The van der Waals surface area contributed by atoms with Gasteiger partial charge < -0.3 is 26.4 Å². The van der Waals surface area contributed by atoms with Crippen LogP contribution < -0.4 is 16.4 Å². The van der Waals surface area contributed by atoms with E-state index in [1.54, 1.807) is 0 Å². The SMILES string of the molecule is CSCCC(NC(=O)CNC(=O)C(N)Cc1ccccc1)C(=O)N1CCCC1C(=O)O. The number of nitrogens with two attached hydrogens (primary N) is 1. The van der Waals surface area contributed by atoms with E-state index in [-0.39, 0.29) is 6.54 Å². The van der Waals surface area contributed by atoms with Gasteiger partial charge in [0.15, 0.2) is 0 Å². The summed E-state index contributed by atoms with van der Waals surface area (Å²) in [5.41, 5.74) is 6.83. The van der Waals surface area contributed by atoms with Crippen LogP contribution in [-0.4, -0.2) is 76.9 Å². The molecule has 10 heteroatoms. The van der Waals surface area contributed by atoms with Crippen molar-refractivity contribution in [2.24, 2.45) is 5.73 Å². The van der Waals surface area contributed by atoms with E-state index in [9.17, 15) is 24.3 Å². The fourth-order valence-electron chi connectivity index (χ4n) is 3.49. The van der Waals surface area contributed by atoms with Crippen LogP contribution in [0.5, 0.6) is 0 Å². The highest BCUT2D eigenvalue weighted by Gasteiger charge is 2.37. The lowest BCUT2D eigenvalue weighted by molar-refractivity contribution is -0.149. The Labute approximate surface area is 186 Å². The van der Waals surface area contributed by atoms with Gasteiger partial charge in [0.05, 0.1) is 12.6 Å². The molecule has 0 aromatic heterocycles. The lowest BCUT2D eigenvalue weighted by Gasteiger charge is -2.27. The molecule has 1 aliphatic heterocycles. The van der Waals surface area contributed by atoms with Crippen molar-refractivity contribution in [3.63, 3.8) is 0 Å². The molecule has 9 nitrogen and oxygen atoms in total. The zero-order valence-electron chi connectivity index (χ0n) is 17.6. The first-order valence-corrected chi connectivity index (χ1v) is 11.6. The highest BCUT2D eigenvalue weighted by atomic mass is 32.2. The summed E-state index contributed by atoms with van der Waals surface area (Å²) >= 11 is 1.52. The van der Waals surface area contributed by atoms with E-state index in [0.717, 1.165) is 5.56 Å². The Bertz CT molecular complexity index is 776. The second kappa shape index (κ2) is 12.3. The lowest BCUT2D eigenvalue weighted by Crippen LogP contribution is -2.54. The van der Waals surface area contributed by atoms with Gasteiger partial charge in [0.1, 0.15) is 12.1 Å². The summed E-state index contributed by atoms with van der Waals surface area (Å²) in [5.74, 6) is -1.81. The molecule has 170 valence electrons. The number of aliphatic carboxylic acids is 1. The van der Waals surface area contributed by atoms with Crippen LogP contribution in [0, 0.1) is 0 Å². The number of amides is 3. The maximum atomic E-state index is 12.9. The highest BCUT2D eigenvalue weighted by molar-refractivity contribution is 7.98. The molecule has 1 fully saturated rings. The fourth-order valence-corrected chi connectivity index (χ4v) is 3.96. The van der Waals surface area contributed by atoms with E-state index in [2.05, 4.69) is 10.6 Å². The van der Waals surface area contributed by atoms with Gasteiger partial charge in [-0.05, 0) is 43.3 Å². The second-order valence-corrected chi connectivity index (χ2v) is 8.43. The van der Waals surface area contributed by atoms with Crippen LogP contribution in [0.4, 0.5) is 0 Å². The van der Waals surface area contributed by atoms with E-state index in [4.69, 9.17) is 5.73 Å². The first-order valence-electron chi connectivity index (χ1n) is 10.2. The van der Waals surface area contributed by atoms with Gasteiger partial charge >= 0.3 is 5.97 Å². The average molecular weight is 451 g/mol. The molecule has 1 saturated heterocycles. The highest BCUT2D eigenvalue weighted by Crippen LogP contribution is 2.19. The summed E-state index contributed by atoms with van der Waals surface area (Å²) in [6.45, 7) is 0.0409. The number of carbonyl (C=O) groups is 4. The van der Waals surface area contributed by atoms with Crippen molar-refractivity contribution >= 4 is 35.5 Å². The smallest absolute Gasteiger partial charge is 0.326 e. The Balaban J connectivity index is 1.89. The Morgan fingerprint density at radius 2 is 1.97 bits per heavy atom. The van der Waals surface area contributed by atoms with Gasteiger partial charge in [0.25, 0.3) is 0 Å². The molecule has 1 heterocycles. The van der Waals surface area contributed by atoms with Crippen LogP contribution in [-0.2, 0) is 25.6 Å². The van der Waals surface area contributed by atoms with Crippen molar-refractivity contribution in [3.05, 3.63) is 35.9 Å². The third-order valence-electron chi connectivity index (χ3n) is 5.12. The van der Waals surface area contributed by atoms with Gasteiger partial charge in [0.2, 0.25) is 17.7 Å². The second-order valence-electron chi connectivity index (χ2n) is 7.44. The van der Waals surface area contributed by atoms with Crippen LogP contribution in [0.3, 0.4) is 0 Å². The molecule has 3 amide bonds. The number of carboxylic acid groups (broad SMARTS) is 1. The summed E-state index contributed by atoms with van der Waals surface area (Å²) in [4.78, 5) is 50.2. The number of nitrogens with zero attached hydrogens (tertiary/aromatic N) is 1. The van der Waals surface area contributed by atoms with E-state index >= 15 is 0 Å². The summed E-state index contributed by atoms with van der Waals surface area (Å²) in [5, 5.41) is 14.5. The standard InChI is InChI=1S/C21H30N4O5S/c1-31-11-9-16(20(28)25-10-5-8-17(25)21(29)30)24-18(26)13-23-19(27)15(22)12-14-6-3-2-4-7-14/h2-4,6-7,15-17H,5,8-13,22H2,1H3,(H,23,27)(H,24,26)(H,29,30). The quantitative estimate of drug-likeness (QED) is 0.371. The number of rotatable bonds is 11. The molecule has 2 rings (SSSR count). The van der Waals surface area contributed by atoms with Gasteiger partial charge in [-0.15, -0.1) is 0 Å². The van der Waals surface area contributed by atoms with Gasteiger partial charge in [-0.3, -0.25) is 14.4 Å². The van der Waals surface area contributed by atoms with Crippen LogP contribution in [0.15, 0.2) is 30.3 Å². The predicted molar refractivity (Wildman–Crippen MR) is 118 cm³/mol. The van der Waals surface area contributed by atoms with Crippen LogP contribution in [0.25, 0.3) is 0 Å². The molecule has 0 saturated carbocycles. The number of carbonyl (C=O) groups excluding carboxylic acids is 3. The molecule has 1 aromatic carbocycles. The molecular formula is C21H30N4O5S. The minimum atomic E-state index is -1.04. The minimum Gasteiger partial charge on any atom is -0.480 e. The summed E-state index contributed by atoms with van der Waals surface area (Å²) < 4.78 is 0. The molecule has 0 bridgehead atoms. The zero-order chi connectivity index (χ0) is 22.8. The molecule has 0 radical (unpaired) electrons. The summed E-state index contributed by atoms with van der Waals surface area (Å²) in [6, 6.07) is 6.81. The van der Waals surface area contributed by atoms with Gasteiger partial charge in [-0.2, -0.15) is 11.8 Å². The monoisotopic (exact) mass is 450 g/mol. The van der Waals surface area contributed by atoms with Crippen molar-refractivity contribution in [2.75, 3.05) is 25.1 Å². The Hall–Kier alpha value is -2.59. The normalized spacial score (nSPS) is 17.6. The van der Waals surface area contributed by atoms with Gasteiger partial charge in [-0.25, -0.2) is 4.79 Å². The number of hydrogen-bond donors (Lipinski definition) is 4.